The fraction of sp³-hybridized carbons (Fsp3) is 0.471. The highest BCUT2D eigenvalue weighted by Gasteiger charge is 2.25. The number of rotatable bonds is 8. The molecular weight excluding hydrogens is 342 g/mol. The van der Waals surface area contributed by atoms with Gasteiger partial charge in [-0.05, 0) is 30.5 Å². The van der Waals surface area contributed by atoms with Gasteiger partial charge in [-0.1, -0.05) is 36.1 Å². The lowest BCUT2D eigenvalue weighted by Crippen LogP contribution is -2.29. The number of thioether (sulfide) groups is 1. The van der Waals surface area contributed by atoms with Gasteiger partial charge in [0, 0.05) is 39.3 Å². The summed E-state index contributed by atoms with van der Waals surface area (Å²) in [5.41, 5.74) is 2.22. The van der Waals surface area contributed by atoms with Crippen molar-refractivity contribution < 1.29 is 9.59 Å². The van der Waals surface area contributed by atoms with E-state index in [1.807, 2.05) is 43.3 Å². The number of anilines is 1. The van der Waals surface area contributed by atoms with E-state index < -0.39 is 0 Å². The summed E-state index contributed by atoms with van der Waals surface area (Å²) >= 11 is 6.54. The number of carbonyl (C=O) groups is 2. The minimum atomic E-state index is 0.0383. The number of benzene rings is 1. The van der Waals surface area contributed by atoms with Gasteiger partial charge in [-0.2, -0.15) is 0 Å². The largest absolute Gasteiger partial charge is 0.378 e. The van der Waals surface area contributed by atoms with Gasteiger partial charge in [-0.15, -0.1) is 0 Å². The van der Waals surface area contributed by atoms with E-state index in [0.717, 1.165) is 24.1 Å². The number of carbonyl (C=O) groups excluding carboxylic acids is 2. The van der Waals surface area contributed by atoms with Gasteiger partial charge in [0.2, 0.25) is 11.8 Å². The predicted octanol–water partition coefficient (Wildman–Crippen LogP) is 2.40. The molecule has 0 bridgehead atoms. The maximum absolute atomic E-state index is 11.9. The monoisotopic (exact) mass is 365 g/mol. The standard InChI is InChI=1S/C17H23N3O2S2/c1-19(2)14-8-6-13(7-9-14)11-18-15(21)5-3-4-10-20-16(22)12-24-17(20)23/h6-9H,3-5,10-12H2,1-2H3,(H,18,21). The van der Waals surface area contributed by atoms with Crippen LogP contribution in [0.3, 0.4) is 0 Å². The number of nitrogens with one attached hydrogen (secondary N) is 1. The fourth-order valence-corrected chi connectivity index (χ4v) is 3.48. The van der Waals surface area contributed by atoms with Crippen LogP contribution in [0.1, 0.15) is 24.8 Å². The van der Waals surface area contributed by atoms with Crippen molar-refractivity contribution in [2.75, 3.05) is 31.3 Å². The molecule has 0 spiro atoms. The molecule has 1 aromatic rings. The first-order valence-electron chi connectivity index (χ1n) is 7.97. The molecule has 2 amide bonds. The molecule has 24 heavy (non-hydrogen) atoms. The Morgan fingerprint density at radius 2 is 2.00 bits per heavy atom. The molecule has 0 aliphatic carbocycles. The number of hydrogen-bond acceptors (Lipinski definition) is 5. The second-order valence-electron chi connectivity index (χ2n) is 5.89. The third-order valence-electron chi connectivity index (χ3n) is 3.82. The average Bonchev–Trinajstić information content (AvgIpc) is 2.88. The van der Waals surface area contributed by atoms with E-state index in [1.165, 1.54) is 11.8 Å². The van der Waals surface area contributed by atoms with Crippen LogP contribution >= 0.6 is 24.0 Å². The van der Waals surface area contributed by atoms with Gasteiger partial charge in [0.05, 0.1) is 5.75 Å². The summed E-state index contributed by atoms with van der Waals surface area (Å²) in [6.07, 6.45) is 2.01. The molecule has 7 heteroatoms. The lowest BCUT2D eigenvalue weighted by molar-refractivity contribution is -0.124. The van der Waals surface area contributed by atoms with Gasteiger partial charge in [-0.25, -0.2) is 0 Å². The van der Waals surface area contributed by atoms with Gasteiger partial charge in [0.15, 0.2) is 0 Å². The van der Waals surface area contributed by atoms with E-state index in [0.29, 0.717) is 29.6 Å². The van der Waals surface area contributed by atoms with Gasteiger partial charge in [0.1, 0.15) is 4.32 Å². The quantitative estimate of drug-likeness (QED) is 0.566. The molecule has 0 unspecified atom stereocenters. The molecule has 1 fully saturated rings. The molecule has 5 nitrogen and oxygen atoms in total. The maximum atomic E-state index is 11.9. The summed E-state index contributed by atoms with van der Waals surface area (Å²) in [4.78, 5) is 27.1. The number of thiocarbonyl (C=S) groups is 1. The van der Waals surface area contributed by atoms with Crippen LogP contribution in [0.15, 0.2) is 24.3 Å². The van der Waals surface area contributed by atoms with Crippen molar-refractivity contribution in [1.29, 1.82) is 0 Å². The Balaban J connectivity index is 1.63. The first-order chi connectivity index (χ1) is 11.5. The smallest absolute Gasteiger partial charge is 0.238 e. The van der Waals surface area contributed by atoms with Crippen LogP contribution in [0.2, 0.25) is 0 Å². The SMILES string of the molecule is CN(C)c1ccc(CNC(=O)CCCCN2C(=O)CSC2=S)cc1. The highest BCUT2D eigenvalue weighted by atomic mass is 32.2. The first-order valence-corrected chi connectivity index (χ1v) is 9.37. The van der Waals surface area contributed by atoms with Crippen LogP contribution in [0.25, 0.3) is 0 Å². The Hall–Kier alpha value is -1.60. The van der Waals surface area contributed by atoms with Crippen molar-refractivity contribution in [3.8, 4) is 0 Å². The molecule has 2 rings (SSSR count). The molecule has 0 radical (unpaired) electrons. The van der Waals surface area contributed by atoms with Crippen molar-refractivity contribution in [3.05, 3.63) is 29.8 Å². The summed E-state index contributed by atoms with van der Waals surface area (Å²) in [7, 11) is 4.00. The van der Waals surface area contributed by atoms with Gasteiger partial charge >= 0.3 is 0 Å². The van der Waals surface area contributed by atoms with Crippen LogP contribution in [0, 0.1) is 0 Å². The third kappa shape index (κ3) is 5.49. The number of hydrogen-bond donors (Lipinski definition) is 1. The molecule has 1 aliphatic heterocycles. The normalized spacial score (nSPS) is 14.2. The Morgan fingerprint density at radius 3 is 2.58 bits per heavy atom. The Labute approximate surface area is 152 Å². The van der Waals surface area contributed by atoms with E-state index in [9.17, 15) is 9.59 Å². The topological polar surface area (TPSA) is 52.7 Å². The van der Waals surface area contributed by atoms with Gasteiger partial charge < -0.3 is 10.2 Å². The van der Waals surface area contributed by atoms with Crippen LogP contribution < -0.4 is 10.2 Å². The molecule has 130 valence electrons. The van der Waals surface area contributed by atoms with Crippen LogP contribution in [-0.4, -0.2) is 47.4 Å². The predicted molar refractivity (Wildman–Crippen MR) is 103 cm³/mol. The zero-order valence-corrected chi connectivity index (χ0v) is 15.7. The summed E-state index contributed by atoms with van der Waals surface area (Å²) < 4.78 is 0.658. The molecule has 1 heterocycles. The third-order valence-corrected chi connectivity index (χ3v) is 5.25. The molecular formula is C17H23N3O2S2. The van der Waals surface area contributed by atoms with E-state index in [1.54, 1.807) is 4.90 Å². The van der Waals surface area contributed by atoms with Crippen LogP contribution in [0.5, 0.6) is 0 Å². The summed E-state index contributed by atoms with van der Waals surface area (Å²) in [6, 6.07) is 8.12. The summed E-state index contributed by atoms with van der Waals surface area (Å²) in [6.45, 7) is 1.15. The molecule has 1 N–H and O–H groups in total. The van der Waals surface area contributed by atoms with Gasteiger partial charge in [-0.3, -0.25) is 14.5 Å². The highest BCUT2D eigenvalue weighted by Crippen LogP contribution is 2.19. The highest BCUT2D eigenvalue weighted by molar-refractivity contribution is 8.23. The average molecular weight is 366 g/mol. The molecule has 1 saturated heterocycles. The zero-order valence-electron chi connectivity index (χ0n) is 14.1. The number of nitrogens with zero attached hydrogens (tertiary/aromatic N) is 2. The van der Waals surface area contributed by atoms with Crippen molar-refractivity contribution in [2.24, 2.45) is 0 Å². The first kappa shape index (κ1) is 18.7. The van der Waals surface area contributed by atoms with E-state index in [-0.39, 0.29) is 11.8 Å². The van der Waals surface area contributed by atoms with Crippen molar-refractivity contribution in [2.45, 2.75) is 25.8 Å². The number of unbranched alkanes of at least 4 members (excludes halogenated alkanes) is 1. The minimum absolute atomic E-state index is 0.0383. The van der Waals surface area contributed by atoms with E-state index in [2.05, 4.69) is 5.32 Å². The maximum Gasteiger partial charge on any atom is 0.238 e. The van der Waals surface area contributed by atoms with Crippen molar-refractivity contribution >= 4 is 45.8 Å². The molecule has 1 aromatic carbocycles. The summed E-state index contributed by atoms with van der Waals surface area (Å²) in [5.74, 6) is 0.568. The molecule has 1 aliphatic rings. The lowest BCUT2D eigenvalue weighted by atomic mass is 10.2. The Morgan fingerprint density at radius 1 is 1.29 bits per heavy atom. The molecule has 0 aromatic heterocycles. The molecule has 0 atom stereocenters. The van der Waals surface area contributed by atoms with Gasteiger partial charge in [0.25, 0.3) is 0 Å². The van der Waals surface area contributed by atoms with Crippen molar-refractivity contribution in [1.82, 2.24) is 10.2 Å². The Bertz CT molecular complexity index is 586. The van der Waals surface area contributed by atoms with Crippen LogP contribution in [0.4, 0.5) is 5.69 Å². The number of amides is 2. The molecule has 0 saturated carbocycles. The lowest BCUT2D eigenvalue weighted by Gasteiger charge is -2.14. The second-order valence-corrected chi connectivity index (χ2v) is 7.50. The van der Waals surface area contributed by atoms with E-state index in [4.69, 9.17) is 12.2 Å². The second kappa shape index (κ2) is 9.03. The fourth-order valence-electron chi connectivity index (χ4n) is 2.35. The van der Waals surface area contributed by atoms with Crippen LogP contribution in [-0.2, 0) is 16.1 Å². The minimum Gasteiger partial charge on any atom is -0.378 e. The zero-order chi connectivity index (χ0) is 17.5. The Kier molecular flexibility index (Phi) is 7.05. The van der Waals surface area contributed by atoms with Crippen molar-refractivity contribution in [3.63, 3.8) is 0 Å². The van der Waals surface area contributed by atoms with E-state index >= 15 is 0 Å². The summed E-state index contributed by atoms with van der Waals surface area (Å²) in [5, 5.41) is 2.93.